The van der Waals surface area contributed by atoms with E-state index in [1.54, 1.807) is 0 Å². The third-order valence-corrected chi connectivity index (χ3v) is 2.03. The zero-order valence-corrected chi connectivity index (χ0v) is 7.28. The lowest BCUT2D eigenvalue weighted by Crippen LogP contribution is -2.26. The summed E-state index contributed by atoms with van der Waals surface area (Å²) in [6, 6.07) is 0. The fraction of sp³-hybridized carbons (Fsp3) is 1.00. The van der Waals surface area contributed by atoms with E-state index in [4.69, 9.17) is 9.84 Å². The summed E-state index contributed by atoms with van der Waals surface area (Å²) in [5.74, 6) is 0. The second-order valence-corrected chi connectivity index (χ2v) is 3.08. The number of aliphatic hydroxyl groups excluding tert-OH is 2. The van der Waals surface area contributed by atoms with E-state index in [1.165, 1.54) is 0 Å². The molecular formula is C8H17NO3. The van der Waals surface area contributed by atoms with Gasteiger partial charge in [0.1, 0.15) is 0 Å². The highest BCUT2D eigenvalue weighted by Gasteiger charge is 2.18. The molecule has 0 aliphatic carbocycles. The molecule has 1 fully saturated rings. The number of β-amino-alcohol motifs (C(OH)–C–C–N with tert-alkyl or cyclic N) is 1. The molecule has 0 aromatic rings. The van der Waals surface area contributed by atoms with Crippen LogP contribution in [0.3, 0.4) is 0 Å². The van der Waals surface area contributed by atoms with E-state index in [1.807, 2.05) is 0 Å². The number of likely N-dealkylation sites (tertiary alicyclic amines) is 1. The third-order valence-electron chi connectivity index (χ3n) is 2.03. The molecule has 1 unspecified atom stereocenters. The topological polar surface area (TPSA) is 52.9 Å². The van der Waals surface area contributed by atoms with E-state index in [0.29, 0.717) is 13.2 Å². The molecule has 4 heteroatoms. The standard InChI is InChI=1S/C8H17NO3/c10-4-6-12-5-3-9-2-1-8(11)7-9/h8,10-11H,1-7H2. The van der Waals surface area contributed by atoms with Gasteiger partial charge in [-0.25, -0.2) is 0 Å². The molecule has 0 saturated carbocycles. The molecule has 1 atom stereocenters. The van der Waals surface area contributed by atoms with Crippen LogP contribution >= 0.6 is 0 Å². The van der Waals surface area contributed by atoms with Crippen molar-refractivity contribution < 1.29 is 14.9 Å². The maximum absolute atomic E-state index is 9.18. The van der Waals surface area contributed by atoms with Crippen molar-refractivity contribution in [1.29, 1.82) is 0 Å². The van der Waals surface area contributed by atoms with Crippen molar-refractivity contribution in [3.8, 4) is 0 Å². The zero-order chi connectivity index (χ0) is 8.81. The predicted octanol–water partition coefficient (Wildman–Crippen LogP) is -0.938. The number of ether oxygens (including phenoxy) is 1. The largest absolute Gasteiger partial charge is 0.394 e. The molecule has 4 nitrogen and oxygen atoms in total. The third kappa shape index (κ3) is 3.49. The number of aliphatic hydroxyl groups is 2. The summed E-state index contributed by atoms with van der Waals surface area (Å²) >= 11 is 0. The summed E-state index contributed by atoms with van der Waals surface area (Å²) in [6.07, 6.45) is 0.725. The summed E-state index contributed by atoms with van der Waals surface area (Å²) in [6.45, 7) is 3.73. The summed E-state index contributed by atoms with van der Waals surface area (Å²) in [4.78, 5) is 2.17. The molecule has 0 bridgehead atoms. The first-order valence-electron chi connectivity index (χ1n) is 4.42. The molecule has 0 amide bonds. The molecule has 1 heterocycles. The van der Waals surface area contributed by atoms with Gasteiger partial charge in [0.25, 0.3) is 0 Å². The van der Waals surface area contributed by atoms with Crippen molar-refractivity contribution in [3.63, 3.8) is 0 Å². The van der Waals surface area contributed by atoms with Crippen LogP contribution in [0, 0.1) is 0 Å². The van der Waals surface area contributed by atoms with Crippen molar-refractivity contribution in [3.05, 3.63) is 0 Å². The Labute approximate surface area is 72.7 Å². The van der Waals surface area contributed by atoms with Crippen molar-refractivity contribution in [2.24, 2.45) is 0 Å². The van der Waals surface area contributed by atoms with Gasteiger partial charge in [0.2, 0.25) is 0 Å². The summed E-state index contributed by atoms with van der Waals surface area (Å²) in [7, 11) is 0. The van der Waals surface area contributed by atoms with Gasteiger partial charge in [-0.1, -0.05) is 0 Å². The van der Waals surface area contributed by atoms with Crippen molar-refractivity contribution in [2.45, 2.75) is 12.5 Å². The highest BCUT2D eigenvalue weighted by molar-refractivity contribution is 4.73. The Morgan fingerprint density at radius 2 is 2.25 bits per heavy atom. The van der Waals surface area contributed by atoms with Gasteiger partial charge in [-0.2, -0.15) is 0 Å². The van der Waals surface area contributed by atoms with E-state index in [0.717, 1.165) is 26.1 Å². The first-order valence-corrected chi connectivity index (χ1v) is 4.42. The van der Waals surface area contributed by atoms with Gasteiger partial charge in [0.05, 0.1) is 25.9 Å². The maximum atomic E-state index is 9.18. The number of hydrogen-bond donors (Lipinski definition) is 2. The average molecular weight is 175 g/mol. The van der Waals surface area contributed by atoms with Crippen LogP contribution in [0.1, 0.15) is 6.42 Å². The molecule has 0 spiro atoms. The van der Waals surface area contributed by atoms with Gasteiger partial charge in [-0.3, -0.25) is 4.90 Å². The Bertz CT molecular complexity index is 121. The smallest absolute Gasteiger partial charge is 0.0698 e. The molecule has 72 valence electrons. The van der Waals surface area contributed by atoms with Gasteiger partial charge < -0.3 is 14.9 Å². The average Bonchev–Trinajstić information content (AvgIpc) is 2.45. The van der Waals surface area contributed by atoms with Gasteiger partial charge in [-0.15, -0.1) is 0 Å². The Morgan fingerprint density at radius 3 is 2.83 bits per heavy atom. The van der Waals surface area contributed by atoms with Crippen LogP contribution in [-0.4, -0.2) is 60.7 Å². The molecule has 1 aliphatic heterocycles. The quantitative estimate of drug-likeness (QED) is 0.530. The van der Waals surface area contributed by atoms with Crippen LogP contribution in [0.2, 0.25) is 0 Å². The lowest BCUT2D eigenvalue weighted by atomic mass is 10.3. The zero-order valence-electron chi connectivity index (χ0n) is 7.28. The van der Waals surface area contributed by atoms with Crippen molar-refractivity contribution in [2.75, 3.05) is 39.5 Å². The van der Waals surface area contributed by atoms with Crippen LogP contribution in [0.4, 0.5) is 0 Å². The van der Waals surface area contributed by atoms with E-state index in [2.05, 4.69) is 4.90 Å². The highest BCUT2D eigenvalue weighted by Crippen LogP contribution is 2.07. The Hall–Kier alpha value is -0.160. The van der Waals surface area contributed by atoms with E-state index < -0.39 is 0 Å². The van der Waals surface area contributed by atoms with Crippen molar-refractivity contribution >= 4 is 0 Å². The first kappa shape index (κ1) is 9.92. The molecular weight excluding hydrogens is 158 g/mol. The number of hydrogen-bond acceptors (Lipinski definition) is 4. The first-order chi connectivity index (χ1) is 5.83. The fourth-order valence-corrected chi connectivity index (χ4v) is 1.38. The summed E-state index contributed by atoms with van der Waals surface area (Å²) in [5.41, 5.74) is 0. The summed E-state index contributed by atoms with van der Waals surface area (Å²) in [5, 5.41) is 17.6. The molecule has 0 radical (unpaired) electrons. The van der Waals surface area contributed by atoms with Crippen LogP contribution in [0.25, 0.3) is 0 Å². The molecule has 1 saturated heterocycles. The van der Waals surface area contributed by atoms with E-state index in [9.17, 15) is 5.11 Å². The molecule has 1 rings (SSSR count). The minimum Gasteiger partial charge on any atom is -0.394 e. The van der Waals surface area contributed by atoms with Gasteiger partial charge in [0.15, 0.2) is 0 Å². The Morgan fingerprint density at radius 1 is 1.42 bits per heavy atom. The molecule has 0 aromatic heterocycles. The predicted molar refractivity (Wildman–Crippen MR) is 45.0 cm³/mol. The van der Waals surface area contributed by atoms with E-state index in [-0.39, 0.29) is 12.7 Å². The minimum absolute atomic E-state index is 0.0859. The van der Waals surface area contributed by atoms with Gasteiger partial charge in [0, 0.05) is 19.6 Å². The van der Waals surface area contributed by atoms with Crippen LogP contribution in [-0.2, 0) is 4.74 Å². The van der Waals surface area contributed by atoms with Gasteiger partial charge >= 0.3 is 0 Å². The lowest BCUT2D eigenvalue weighted by molar-refractivity contribution is 0.0750. The van der Waals surface area contributed by atoms with Crippen LogP contribution in [0.5, 0.6) is 0 Å². The monoisotopic (exact) mass is 175 g/mol. The molecule has 2 N–H and O–H groups in total. The minimum atomic E-state index is -0.150. The Kier molecular flexibility index (Phi) is 4.53. The fourth-order valence-electron chi connectivity index (χ4n) is 1.38. The Balaban J connectivity index is 1.93. The van der Waals surface area contributed by atoms with Gasteiger partial charge in [-0.05, 0) is 6.42 Å². The van der Waals surface area contributed by atoms with Crippen LogP contribution < -0.4 is 0 Å². The number of rotatable bonds is 5. The second kappa shape index (κ2) is 5.48. The lowest BCUT2D eigenvalue weighted by Gasteiger charge is -2.13. The molecule has 12 heavy (non-hydrogen) atoms. The van der Waals surface area contributed by atoms with Crippen molar-refractivity contribution in [1.82, 2.24) is 4.90 Å². The van der Waals surface area contributed by atoms with E-state index >= 15 is 0 Å². The highest BCUT2D eigenvalue weighted by atomic mass is 16.5. The number of nitrogens with zero attached hydrogens (tertiary/aromatic N) is 1. The normalized spacial score (nSPS) is 25.0. The SMILES string of the molecule is OCCOCCN1CCC(O)C1. The maximum Gasteiger partial charge on any atom is 0.0698 e. The molecule has 1 aliphatic rings. The second-order valence-electron chi connectivity index (χ2n) is 3.08. The summed E-state index contributed by atoms with van der Waals surface area (Å²) < 4.78 is 5.11. The van der Waals surface area contributed by atoms with Crippen LogP contribution in [0.15, 0.2) is 0 Å². The molecule has 0 aromatic carbocycles.